The maximum absolute atomic E-state index is 13.0. The molecule has 4 nitrogen and oxygen atoms in total. The van der Waals surface area contributed by atoms with Crippen LogP contribution in [0, 0.1) is 51.2 Å². The van der Waals surface area contributed by atoms with E-state index in [-0.39, 0.29) is 40.7 Å². The zero-order valence-corrected chi connectivity index (χ0v) is 19.8. The standard InChI is InChI=1S/C26H42O4/c1-14-20-15(27)12-18-25(5)11-8-16-23(2,3)9-7-10-24(16,4)17(25)13-19(28)26(18,6)21(20)22(29)30-14/h14-21,27-28H,7-13H2,1-6H3. The zero-order chi connectivity index (χ0) is 21.9. The third-order valence-electron chi connectivity index (χ3n) is 11.6. The van der Waals surface area contributed by atoms with Crippen molar-refractivity contribution in [1.82, 2.24) is 0 Å². The van der Waals surface area contributed by atoms with Gasteiger partial charge in [0.1, 0.15) is 6.10 Å². The van der Waals surface area contributed by atoms with Crippen molar-refractivity contribution in [2.75, 3.05) is 0 Å². The molecule has 1 saturated heterocycles. The summed E-state index contributed by atoms with van der Waals surface area (Å²) in [6.07, 6.45) is 6.35. The highest BCUT2D eigenvalue weighted by Gasteiger charge is 2.72. The van der Waals surface area contributed by atoms with E-state index in [0.717, 1.165) is 12.8 Å². The Morgan fingerprint density at radius 1 is 0.900 bits per heavy atom. The quantitative estimate of drug-likeness (QED) is 0.566. The van der Waals surface area contributed by atoms with Gasteiger partial charge in [-0.15, -0.1) is 0 Å². The van der Waals surface area contributed by atoms with Crippen molar-refractivity contribution >= 4 is 5.97 Å². The number of carbonyl (C=O) groups is 1. The smallest absolute Gasteiger partial charge is 0.310 e. The predicted octanol–water partition coefficient (Wildman–Crippen LogP) is 4.56. The van der Waals surface area contributed by atoms with Crippen LogP contribution in [-0.4, -0.2) is 34.5 Å². The van der Waals surface area contributed by atoms with Gasteiger partial charge in [0.2, 0.25) is 0 Å². The van der Waals surface area contributed by atoms with Crippen molar-refractivity contribution in [2.45, 2.75) is 105 Å². The van der Waals surface area contributed by atoms with Gasteiger partial charge in [-0.25, -0.2) is 0 Å². The molecule has 5 fully saturated rings. The third kappa shape index (κ3) is 2.39. The summed E-state index contributed by atoms with van der Waals surface area (Å²) in [5, 5.41) is 22.9. The number of rotatable bonds is 0. The molecule has 2 N–H and O–H groups in total. The van der Waals surface area contributed by atoms with Crippen molar-refractivity contribution in [1.29, 1.82) is 0 Å². The molecule has 0 radical (unpaired) electrons. The first-order chi connectivity index (χ1) is 13.9. The van der Waals surface area contributed by atoms with Crippen molar-refractivity contribution in [3.8, 4) is 0 Å². The van der Waals surface area contributed by atoms with Crippen LogP contribution in [0.5, 0.6) is 0 Å². The lowest BCUT2D eigenvalue weighted by atomic mass is 9.34. The molecule has 4 heteroatoms. The van der Waals surface area contributed by atoms with Crippen LogP contribution >= 0.6 is 0 Å². The van der Waals surface area contributed by atoms with Crippen molar-refractivity contribution < 1.29 is 19.7 Å². The summed E-state index contributed by atoms with van der Waals surface area (Å²) in [4.78, 5) is 13.0. The summed E-state index contributed by atoms with van der Waals surface area (Å²) in [5.41, 5.74) is 0.110. The van der Waals surface area contributed by atoms with Gasteiger partial charge in [0.15, 0.2) is 0 Å². The van der Waals surface area contributed by atoms with Gasteiger partial charge in [-0.05, 0) is 79.4 Å². The molecule has 0 aromatic rings. The second kappa shape index (κ2) is 6.25. The number of fused-ring (bicyclic) bond motifs is 7. The van der Waals surface area contributed by atoms with E-state index in [0.29, 0.717) is 23.7 Å². The van der Waals surface area contributed by atoms with Crippen LogP contribution in [0.4, 0.5) is 0 Å². The van der Waals surface area contributed by atoms with E-state index in [1.807, 2.05) is 6.92 Å². The fraction of sp³-hybridized carbons (Fsp3) is 0.962. The molecule has 1 aliphatic heterocycles. The van der Waals surface area contributed by atoms with Gasteiger partial charge < -0.3 is 14.9 Å². The molecule has 0 aromatic carbocycles. The first-order valence-corrected chi connectivity index (χ1v) is 12.4. The summed E-state index contributed by atoms with van der Waals surface area (Å²) in [6, 6.07) is 0. The van der Waals surface area contributed by atoms with E-state index < -0.39 is 17.6 Å². The molecular weight excluding hydrogens is 376 g/mol. The largest absolute Gasteiger partial charge is 0.462 e. The van der Waals surface area contributed by atoms with Crippen molar-refractivity contribution in [3.63, 3.8) is 0 Å². The Morgan fingerprint density at radius 2 is 1.57 bits per heavy atom. The average Bonchev–Trinajstić information content (AvgIpc) is 2.95. The molecule has 11 atom stereocenters. The van der Waals surface area contributed by atoms with Crippen molar-refractivity contribution in [2.24, 2.45) is 51.2 Å². The Balaban J connectivity index is 1.59. The minimum Gasteiger partial charge on any atom is -0.462 e. The number of carbonyl (C=O) groups excluding carboxylic acids is 1. The minimum atomic E-state index is -0.523. The Bertz CT molecular complexity index is 747. The van der Waals surface area contributed by atoms with Gasteiger partial charge in [-0.2, -0.15) is 0 Å². The van der Waals surface area contributed by atoms with Crippen LogP contribution < -0.4 is 0 Å². The molecule has 0 spiro atoms. The maximum atomic E-state index is 13.0. The molecular formula is C26H42O4. The number of hydrogen-bond acceptors (Lipinski definition) is 4. The third-order valence-corrected chi connectivity index (χ3v) is 11.6. The topological polar surface area (TPSA) is 66.8 Å². The normalized spacial score (nSPS) is 59.4. The molecule has 0 aromatic heterocycles. The molecule has 0 amide bonds. The van der Waals surface area contributed by atoms with Gasteiger partial charge in [0.25, 0.3) is 0 Å². The average molecular weight is 419 g/mol. The molecule has 5 aliphatic rings. The van der Waals surface area contributed by atoms with Gasteiger partial charge in [0, 0.05) is 11.3 Å². The number of aliphatic hydroxyl groups excluding tert-OH is 2. The van der Waals surface area contributed by atoms with Crippen LogP contribution in [0.3, 0.4) is 0 Å². The molecule has 5 rings (SSSR count). The molecule has 1 heterocycles. The van der Waals surface area contributed by atoms with Crippen LogP contribution in [0.15, 0.2) is 0 Å². The van der Waals surface area contributed by atoms with Gasteiger partial charge in [-0.1, -0.05) is 41.0 Å². The van der Waals surface area contributed by atoms with Gasteiger partial charge in [0.05, 0.1) is 18.1 Å². The zero-order valence-electron chi connectivity index (χ0n) is 19.8. The van der Waals surface area contributed by atoms with Crippen molar-refractivity contribution in [3.05, 3.63) is 0 Å². The SMILES string of the molecule is CC1OC(=O)C2C1C(O)CC1C3(C)CCC4C(C)(C)CCCC4(C)C3CC(O)C21C. The lowest BCUT2D eigenvalue weighted by Crippen LogP contribution is -2.69. The highest BCUT2D eigenvalue weighted by molar-refractivity contribution is 5.77. The molecule has 0 bridgehead atoms. The summed E-state index contributed by atoms with van der Waals surface area (Å²) in [6.45, 7) is 13.9. The van der Waals surface area contributed by atoms with E-state index >= 15 is 0 Å². The Kier molecular flexibility index (Phi) is 4.42. The second-order valence-corrected chi connectivity index (χ2v) is 13.2. The summed E-state index contributed by atoms with van der Waals surface area (Å²) in [5.74, 6) is 0.506. The van der Waals surface area contributed by atoms with Gasteiger partial charge >= 0.3 is 5.97 Å². The summed E-state index contributed by atoms with van der Waals surface area (Å²) >= 11 is 0. The fourth-order valence-electron chi connectivity index (χ4n) is 10.4. The number of cyclic esters (lactones) is 1. The van der Waals surface area contributed by atoms with Crippen LogP contribution in [0.25, 0.3) is 0 Å². The number of esters is 1. The molecule has 170 valence electrons. The first-order valence-electron chi connectivity index (χ1n) is 12.4. The van der Waals surface area contributed by atoms with E-state index in [1.165, 1.54) is 25.7 Å². The summed E-state index contributed by atoms with van der Waals surface area (Å²) in [7, 11) is 0. The van der Waals surface area contributed by atoms with E-state index in [9.17, 15) is 15.0 Å². The van der Waals surface area contributed by atoms with Crippen LogP contribution in [0.2, 0.25) is 0 Å². The van der Waals surface area contributed by atoms with Crippen LogP contribution in [-0.2, 0) is 9.53 Å². The monoisotopic (exact) mass is 418 g/mol. The van der Waals surface area contributed by atoms with Gasteiger partial charge in [-0.3, -0.25) is 4.79 Å². The number of aliphatic hydroxyl groups is 2. The second-order valence-electron chi connectivity index (χ2n) is 13.2. The number of ether oxygens (including phenoxy) is 1. The van der Waals surface area contributed by atoms with Crippen LogP contribution in [0.1, 0.15) is 86.5 Å². The lowest BCUT2D eigenvalue weighted by molar-refractivity contribution is -0.257. The fourth-order valence-corrected chi connectivity index (χ4v) is 10.4. The maximum Gasteiger partial charge on any atom is 0.310 e. The predicted molar refractivity (Wildman–Crippen MR) is 115 cm³/mol. The minimum absolute atomic E-state index is 0.0463. The molecule has 4 aliphatic carbocycles. The van der Waals surface area contributed by atoms with E-state index in [4.69, 9.17) is 4.74 Å². The first kappa shape index (κ1) is 21.2. The number of hydrogen-bond donors (Lipinski definition) is 2. The Hall–Kier alpha value is -0.610. The van der Waals surface area contributed by atoms with E-state index in [2.05, 4.69) is 34.6 Å². The Morgan fingerprint density at radius 3 is 2.27 bits per heavy atom. The lowest BCUT2D eigenvalue weighted by Gasteiger charge is -2.71. The van der Waals surface area contributed by atoms with E-state index in [1.54, 1.807) is 0 Å². The Labute approximate surface area is 182 Å². The highest BCUT2D eigenvalue weighted by atomic mass is 16.6. The molecule has 4 saturated carbocycles. The molecule has 11 unspecified atom stereocenters. The molecule has 30 heavy (non-hydrogen) atoms. The highest BCUT2D eigenvalue weighted by Crippen LogP contribution is 2.74. The summed E-state index contributed by atoms with van der Waals surface area (Å²) < 4.78 is 5.63.